The molecule has 2 saturated carbocycles. The molecule has 0 aliphatic heterocycles. The lowest BCUT2D eigenvalue weighted by Gasteiger charge is -2.24. The molecule has 2 aromatic carbocycles. The Morgan fingerprint density at radius 2 is 1.81 bits per heavy atom. The summed E-state index contributed by atoms with van der Waals surface area (Å²) in [6.07, 6.45) is 4.81. The summed E-state index contributed by atoms with van der Waals surface area (Å²) in [7, 11) is 0. The molecule has 5 rings (SSSR count). The predicted molar refractivity (Wildman–Crippen MR) is 102 cm³/mol. The summed E-state index contributed by atoms with van der Waals surface area (Å²) in [6, 6.07) is 19.9. The lowest BCUT2D eigenvalue weighted by molar-refractivity contribution is -0.127. The molecule has 3 aromatic rings. The van der Waals surface area contributed by atoms with Gasteiger partial charge >= 0.3 is 0 Å². The quantitative estimate of drug-likeness (QED) is 0.717. The topological polar surface area (TPSA) is 42.2 Å². The van der Waals surface area contributed by atoms with Crippen molar-refractivity contribution >= 4 is 16.9 Å². The Balaban J connectivity index is 1.47. The predicted octanol–water partition coefficient (Wildman–Crippen LogP) is 5.07. The van der Waals surface area contributed by atoms with Crippen LogP contribution in [0.1, 0.15) is 43.0 Å². The highest BCUT2D eigenvalue weighted by Gasteiger charge is 2.43. The average Bonchev–Trinajstić information content (AvgIpc) is 3.41. The first-order chi connectivity index (χ1) is 12.8. The molecule has 132 valence electrons. The number of carbonyl (C=O) groups excluding carboxylic acids is 1. The zero-order chi connectivity index (χ0) is 17.5. The van der Waals surface area contributed by atoms with Gasteiger partial charge in [0.2, 0.25) is 5.91 Å². The van der Waals surface area contributed by atoms with Crippen molar-refractivity contribution in [2.75, 3.05) is 0 Å². The van der Waals surface area contributed by atoms with Gasteiger partial charge in [-0.05, 0) is 48.8 Å². The second-order valence-electron chi connectivity index (χ2n) is 7.82. The molecule has 1 amide bonds. The number of fused-ring (bicyclic) bond motifs is 3. The van der Waals surface area contributed by atoms with Crippen molar-refractivity contribution in [1.82, 2.24) is 5.32 Å². The van der Waals surface area contributed by atoms with Crippen LogP contribution in [0.25, 0.3) is 11.0 Å². The fraction of sp³-hybridized carbons (Fsp3) is 0.348. The highest BCUT2D eigenvalue weighted by molar-refractivity contribution is 5.81. The van der Waals surface area contributed by atoms with Crippen molar-refractivity contribution in [2.45, 2.75) is 31.7 Å². The Hall–Kier alpha value is -2.55. The van der Waals surface area contributed by atoms with E-state index in [1.807, 2.05) is 48.5 Å². The summed E-state index contributed by atoms with van der Waals surface area (Å²) in [5.41, 5.74) is 1.92. The van der Waals surface area contributed by atoms with Crippen molar-refractivity contribution in [2.24, 2.45) is 17.8 Å². The molecule has 1 heterocycles. The monoisotopic (exact) mass is 345 g/mol. The molecule has 2 fully saturated rings. The molecular formula is C23H23NO2. The van der Waals surface area contributed by atoms with Gasteiger partial charge < -0.3 is 9.73 Å². The molecule has 2 bridgehead atoms. The van der Waals surface area contributed by atoms with E-state index in [0.29, 0.717) is 5.92 Å². The summed E-state index contributed by atoms with van der Waals surface area (Å²) in [4.78, 5) is 13.1. The van der Waals surface area contributed by atoms with E-state index < -0.39 is 0 Å². The summed E-state index contributed by atoms with van der Waals surface area (Å²) >= 11 is 0. The smallest absolute Gasteiger partial charge is 0.224 e. The van der Waals surface area contributed by atoms with Gasteiger partial charge in [-0.3, -0.25) is 4.79 Å². The summed E-state index contributed by atoms with van der Waals surface area (Å²) in [6.45, 7) is 0. The van der Waals surface area contributed by atoms with E-state index in [-0.39, 0.29) is 17.9 Å². The Morgan fingerprint density at radius 3 is 2.54 bits per heavy atom. The van der Waals surface area contributed by atoms with Gasteiger partial charge in [-0.2, -0.15) is 0 Å². The van der Waals surface area contributed by atoms with Gasteiger partial charge in [0.25, 0.3) is 0 Å². The Kier molecular flexibility index (Phi) is 3.81. The van der Waals surface area contributed by atoms with Gasteiger partial charge in [0.05, 0.1) is 0 Å². The lowest BCUT2D eigenvalue weighted by Crippen LogP contribution is -2.36. The van der Waals surface area contributed by atoms with E-state index >= 15 is 0 Å². The molecule has 3 nitrogen and oxygen atoms in total. The number of amides is 1. The van der Waals surface area contributed by atoms with Crippen LogP contribution in [-0.4, -0.2) is 5.91 Å². The minimum Gasteiger partial charge on any atom is -0.459 e. The maximum atomic E-state index is 13.1. The van der Waals surface area contributed by atoms with E-state index in [1.165, 1.54) is 19.3 Å². The first-order valence-electron chi connectivity index (χ1n) is 9.62. The number of benzene rings is 2. The number of furan rings is 1. The molecule has 2 aliphatic carbocycles. The lowest BCUT2D eigenvalue weighted by atomic mass is 9.87. The highest BCUT2D eigenvalue weighted by atomic mass is 16.3. The van der Waals surface area contributed by atoms with Crippen LogP contribution >= 0.6 is 0 Å². The third kappa shape index (κ3) is 2.72. The molecule has 1 aromatic heterocycles. The molecule has 3 heteroatoms. The molecule has 4 unspecified atom stereocenters. The second-order valence-corrected chi connectivity index (χ2v) is 7.82. The number of para-hydroxylation sites is 1. The molecule has 0 radical (unpaired) electrons. The van der Waals surface area contributed by atoms with Crippen molar-refractivity contribution < 1.29 is 9.21 Å². The average molecular weight is 345 g/mol. The molecule has 26 heavy (non-hydrogen) atoms. The van der Waals surface area contributed by atoms with Crippen molar-refractivity contribution in [3.8, 4) is 0 Å². The van der Waals surface area contributed by atoms with Crippen LogP contribution in [0.3, 0.4) is 0 Å². The first kappa shape index (κ1) is 15.7. The fourth-order valence-corrected chi connectivity index (χ4v) is 4.92. The largest absolute Gasteiger partial charge is 0.459 e. The fourth-order valence-electron chi connectivity index (χ4n) is 4.92. The van der Waals surface area contributed by atoms with E-state index in [0.717, 1.165) is 34.6 Å². The molecule has 0 spiro atoms. The van der Waals surface area contributed by atoms with E-state index in [1.54, 1.807) is 0 Å². The van der Waals surface area contributed by atoms with E-state index in [2.05, 4.69) is 17.4 Å². The van der Waals surface area contributed by atoms with Crippen LogP contribution in [0.2, 0.25) is 0 Å². The van der Waals surface area contributed by atoms with Gasteiger partial charge in [-0.1, -0.05) is 55.0 Å². The summed E-state index contributed by atoms with van der Waals surface area (Å²) in [5.74, 6) is 2.49. The van der Waals surface area contributed by atoms with Crippen LogP contribution in [0, 0.1) is 17.8 Å². The second kappa shape index (κ2) is 6.31. The summed E-state index contributed by atoms with van der Waals surface area (Å²) < 4.78 is 6.10. The van der Waals surface area contributed by atoms with Crippen molar-refractivity contribution in [1.29, 1.82) is 0 Å². The third-order valence-corrected chi connectivity index (χ3v) is 6.22. The molecule has 2 aliphatic rings. The molecule has 0 saturated heterocycles. The SMILES string of the molecule is O=C(NC(c1ccccc1)c1cc2ccccc2o1)C1CC2CCC1C2. The molecule has 4 atom stereocenters. The Labute approximate surface area is 153 Å². The van der Waals surface area contributed by atoms with Crippen molar-refractivity contribution in [3.63, 3.8) is 0 Å². The van der Waals surface area contributed by atoms with Gasteiger partial charge in [0.15, 0.2) is 0 Å². The van der Waals surface area contributed by atoms with Crippen LogP contribution in [0.4, 0.5) is 0 Å². The highest BCUT2D eigenvalue weighted by Crippen LogP contribution is 2.48. The Bertz CT molecular complexity index is 897. The van der Waals surface area contributed by atoms with Crippen LogP contribution < -0.4 is 5.32 Å². The number of hydrogen-bond donors (Lipinski definition) is 1. The van der Waals surface area contributed by atoms with E-state index in [4.69, 9.17) is 4.42 Å². The normalized spacial score (nSPS) is 25.5. The number of rotatable bonds is 4. The number of hydrogen-bond acceptors (Lipinski definition) is 2. The summed E-state index contributed by atoms with van der Waals surface area (Å²) in [5, 5.41) is 4.37. The maximum absolute atomic E-state index is 13.1. The third-order valence-electron chi connectivity index (χ3n) is 6.22. The number of carbonyl (C=O) groups is 1. The van der Waals surface area contributed by atoms with Gasteiger partial charge in [0, 0.05) is 11.3 Å². The maximum Gasteiger partial charge on any atom is 0.224 e. The van der Waals surface area contributed by atoms with Crippen LogP contribution in [-0.2, 0) is 4.79 Å². The standard InChI is InChI=1S/C23H23NO2/c25-23(19-13-15-10-11-17(19)12-15)24-22(16-6-2-1-3-7-16)21-14-18-8-4-5-9-20(18)26-21/h1-9,14-15,17,19,22H,10-13H2,(H,24,25). The van der Waals surface area contributed by atoms with Crippen LogP contribution in [0.15, 0.2) is 65.1 Å². The molecule has 1 N–H and O–H groups in total. The minimum atomic E-state index is -0.241. The Morgan fingerprint density at radius 1 is 1.00 bits per heavy atom. The zero-order valence-electron chi connectivity index (χ0n) is 14.7. The van der Waals surface area contributed by atoms with E-state index in [9.17, 15) is 4.79 Å². The van der Waals surface area contributed by atoms with Gasteiger partial charge in [0.1, 0.15) is 17.4 Å². The van der Waals surface area contributed by atoms with Gasteiger partial charge in [-0.25, -0.2) is 0 Å². The first-order valence-corrected chi connectivity index (χ1v) is 9.62. The van der Waals surface area contributed by atoms with Crippen molar-refractivity contribution in [3.05, 3.63) is 72.0 Å². The van der Waals surface area contributed by atoms with Gasteiger partial charge in [-0.15, -0.1) is 0 Å². The minimum absolute atomic E-state index is 0.171. The number of nitrogens with one attached hydrogen (secondary N) is 1. The molecular weight excluding hydrogens is 322 g/mol. The zero-order valence-corrected chi connectivity index (χ0v) is 14.7. The van der Waals surface area contributed by atoms with Crippen LogP contribution in [0.5, 0.6) is 0 Å².